The van der Waals surface area contributed by atoms with Crippen LogP contribution in [-0.2, 0) is 6.42 Å². The van der Waals surface area contributed by atoms with Crippen molar-refractivity contribution in [3.63, 3.8) is 0 Å². The standard InChI is InChI=1S/C11H11NO/c13-10-9-8(2-1-7-12-9)3-4-11(10)5-6-11/h1-2,7H,3-6H2. The first-order chi connectivity index (χ1) is 6.32. The predicted molar refractivity (Wildman–Crippen MR) is 48.6 cm³/mol. The summed E-state index contributed by atoms with van der Waals surface area (Å²) in [6, 6.07) is 3.94. The molecule has 13 heavy (non-hydrogen) atoms. The normalized spacial score (nSPS) is 22.9. The van der Waals surface area contributed by atoms with Gasteiger partial charge in [0.05, 0.1) is 0 Å². The second-order valence-electron chi connectivity index (χ2n) is 4.12. The van der Waals surface area contributed by atoms with Gasteiger partial charge in [0, 0.05) is 11.6 Å². The van der Waals surface area contributed by atoms with E-state index in [1.165, 1.54) is 0 Å². The molecule has 2 aliphatic rings. The van der Waals surface area contributed by atoms with E-state index in [0.717, 1.165) is 36.9 Å². The smallest absolute Gasteiger partial charge is 0.187 e. The molecule has 3 rings (SSSR count). The van der Waals surface area contributed by atoms with E-state index in [4.69, 9.17) is 0 Å². The highest BCUT2D eigenvalue weighted by atomic mass is 16.1. The molecule has 0 atom stereocenters. The zero-order valence-electron chi connectivity index (χ0n) is 7.42. The molecule has 0 unspecified atom stereocenters. The number of ketones is 1. The van der Waals surface area contributed by atoms with Gasteiger partial charge in [0.2, 0.25) is 0 Å². The lowest BCUT2D eigenvalue weighted by Gasteiger charge is -2.21. The number of carbonyl (C=O) groups is 1. The van der Waals surface area contributed by atoms with E-state index in [-0.39, 0.29) is 5.41 Å². The molecule has 1 spiro atoms. The van der Waals surface area contributed by atoms with Gasteiger partial charge in [-0.25, -0.2) is 0 Å². The summed E-state index contributed by atoms with van der Waals surface area (Å²) < 4.78 is 0. The fourth-order valence-corrected chi connectivity index (χ4v) is 2.21. The molecule has 1 heterocycles. The molecule has 0 saturated heterocycles. The zero-order chi connectivity index (χ0) is 8.89. The van der Waals surface area contributed by atoms with Crippen LogP contribution in [0, 0.1) is 5.41 Å². The van der Waals surface area contributed by atoms with Crippen molar-refractivity contribution >= 4 is 5.78 Å². The SMILES string of the molecule is O=C1c2ncccc2CCC12CC2. The minimum Gasteiger partial charge on any atom is -0.292 e. The number of pyridine rings is 1. The second kappa shape index (κ2) is 2.19. The number of hydrogen-bond donors (Lipinski definition) is 0. The maximum Gasteiger partial charge on any atom is 0.187 e. The van der Waals surface area contributed by atoms with Crippen LogP contribution in [0.15, 0.2) is 18.3 Å². The summed E-state index contributed by atoms with van der Waals surface area (Å²) in [5.74, 6) is 0.300. The summed E-state index contributed by atoms with van der Waals surface area (Å²) in [5, 5.41) is 0. The van der Waals surface area contributed by atoms with Crippen LogP contribution in [0.2, 0.25) is 0 Å². The van der Waals surface area contributed by atoms with Crippen LogP contribution in [0.5, 0.6) is 0 Å². The van der Waals surface area contributed by atoms with Crippen molar-refractivity contribution in [1.29, 1.82) is 0 Å². The molecule has 1 saturated carbocycles. The van der Waals surface area contributed by atoms with Crippen LogP contribution in [0.1, 0.15) is 35.3 Å². The van der Waals surface area contributed by atoms with Crippen LogP contribution in [-0.4, -0.2) is 10.8 Å². The Hall–Kier alpha value is -1.18. The first-order valence-electron chi connectivity index (χ1n) is 4.81. The number of aryl methyl sites for hydroxylation is 1. The summed E-state index contributed by atoms with van der Waals surface area (Å²) in [6.45, 7) is 0. The molecule has 1 aromatic heterocycles. The van der Waals surface area contributed by atoms with E-state index in [1.807, 2.05) is 12.1 Å². The molecule has 0 radical (unpaired) electrons. The number of fused-ring (bicyclic) bond motifs is 1. The molecule has 0 aromatic carbocycles. The molecule has 0 N–H and O–H groups in total. The Balaban J connectivity index is 2.13. The van der Waals surface area contributed by atoms with E-state index in [2.05, 4.69) is 4.98 Å². The molecule has 0 aliphatic heterocycles. The number of aromatic nitrogens is 1. The van der Waals surface area contributed by atoms with Crippen LogP contribution in [0.25, 0.3) is 0 Å². The van der Waals surface area contributed by atoms with Crippen molar-refractivity contribution in [2.75, 3.05) is 0 Å². The van der Waals surface area contributed by atoms with Gasteiger partial charge in [0.25, 0.3) is 0 Å². The van der Waals surface area contributed by atoms with Gasteiger partial charge in [-0.05, 0) is 37.3 Å². The second-order valence-corrected chi connectivity index (χ2v) is 4.12. The average Bonchev–Trinajstić information content (AvgIpc) is 2.94. The number of nitrogens with zero attached hydrogens (tertiary/aromatic N) is 1. The van der Waals surface area contributed by atoms with Crippen LogP contribution < -0.4 is 0 Å². The van der Waals surface area contributed by atoms with Crippen molar-refractivity contribution in [2.45, 2.75) is 25.7 Å². The fourth-order valence-electron chi connectivity index (χ4n) is 2.21. The van der Waals surface area contributed by atoms with Gasteiger partial charge in [-0.15, -0.1) is 0 Å². The van der Waals surface area contributed by atoms with Crippen molar-refractivity contribution in [1.82, 2.24) is 4.98 Å². The summed E-state index contributed by atoms with van der Waals surface area (Å²) in [4.78, 5) is 16.1. The first kappa shape index (κ1) is 7.25. The Morgan fingerprint density at radius 2 is 2.15 bits per heavy atom. The van der Waals surface area contributed by atoms with Gasteiger partial charge in [0.15, 0.2) is 5.78 Å². The topological polar surface area (TPSA) is 30.0 Å². The third kappa shape index (κ3) is 0.886. The molecule has 66 valence electrons. The Bertz CT molecular complexity index is 379. The van der Waals surface area contributed by atoms with E-state index < -0.39 is 0 Å². The number of carbonyl (C=O) groups excluding carboxylic acids is 1. The van der Waals surface area contributed by atoms with E-state index in [9.17, 15) is 4.79 Å². The monoisotopic (exact) mass is 173 g/mol. The molecule has 0 bridgehead atoms. The first-order valence-corrected chi connectivity index (χ1v) is 4.81. The summed E-state index contributed by atoms with van der Waals surface area (Å²) >= 11 is 0. The van der Waals surface area contributed by atoms with Crippen LogP contribution >= 0.6 is 0 Å². The largest absolute Gasteiger partial charge is 0.292 e. The Kier molecular flexibility index (Phi) is 1.22. The van der Waals surface area contributed by atoms with Crippen molar-refractivity contribution < 1.29 is 4.79 Å². The van der Waals surface area contributed by atoms with E-state index >= 15 is 0 Å². The number of hydrogen-bond acceptors (Lipinski definition) is 2. The highest BCUT2D eigenvalue weighted by molar-refractivity contribution is 6.02. The van der Waals surface area contributed by atoms with Crippen molar-refractivity contribution in [2.24, 2.45) is 5.41 Å². The molecule has 2 nitrogen and oxygen atoms in total. The third-order valence-corrected chi connectivity index (χ3v) is 3.31. The van der Waals surface area contributed by atoms with E-state index in [0.29, 0.717) is 5.78 Å². The van der Waals surface area contributed by atoms with Gasteiger partial charge >= 0.3 is 0 Å². The van der Waals surface area contributed by atoms with E-state index in [1.54, 1.807) is 6.20 Å². The molecular formula is C11H11NO. The lowest BCUT2D eigenvalue weighted by atomic mass is 9.83. The lowest BCUT2D eigenvalue weighted by molar-refractivity contribution is 0.0874. The van der Waals surface area contributed by atoms with Crippen LogP contribution in [0.4, 0.5) is 0 Å². The Labute approximate surface area is 77.0 Å². The number of rotatable bonds is 0. The van der Waals surface area contributed by atoms with Gasteiger partial charge < -0.3 is 0 Å². The molecular weight excluding hydrogens is 162 g/mol. The highest BCUT2D eigenvalue weighted by Gasteiger charge is 2.52. The van der Waals surface area contributed by atoms with Gasteiger partial charge in [-0.2, -0.15) is 0 Å². The summed E-state index contributed by atoms with van der Waals surface area (Å²) in [7, 11) is 0. The zero-order valence-corrected chi connectivity index (χ0v) is 7.42. The third-order valence-electron chi connectivity index (χ3n) is 3.31. The van der Waals surface area contributed by atoms with Crippen LogP contribution in [0.3, 0.4) is 0 Å². The molecule has 2 aliphatic carbocycles. The number of Topliss-reactive ketones (excluding diaryl/α,β-unsaturated/α-hetero) is 1. The molecule has 2 heteroatoms. The molecule has 1 fully saturated rings. The maximum absolute atomic E-state index is 11.9. The minimum atomic E-state index is 0.0291. The van der Waals surface area contributed by atoms with Crippen molar-refractivity contribution in [3.8, 4) is 0 Å². The summed E-state index contributed by atoms with van der Waals surface area (Å²) in [6.07, 6.45) is 5.97. The van der Waals surface area contributed by atoms with Gasteiger partial charge in [-0.1, -0.05) is 6.07 Å². The van der Waals surface area contributed by atoms with Crippen molar-refractivity contribution in [3.05, 3.63) is 29.6 Å². The quantitative estimate of drug-likeness (QED) is 0.600. The van der Waals surface area contributed by atoms with Gasteiger partial charge in [-0.3, -0.25) is 9.78 Å². The minimum absolute atomic E-state index is 0.0291. The fraction of sp³-hybridized carbons (Fsp3) is 0.455. The molecule has 0 amide bonds. The average molecular weight is 173 g/mol. The highest BCUT2D eigenvalue weighted by Crippen LogP contribution is 2.53. The Morgan fingerprint density at radius 3 is 2.92 bits per heavy atom. The maximum atomic E-state index is 11.9. The summed E-state index contributed by atoms with van der Waals surface area (Å²) in [5.41, 5.74) is 1.91. The lowest BCUT2D eigenvalue weighted by Crippen LogP contribution is -2.24. The van der Waals surface area contributed by atoms with Gasteiger partial charge in [0.1, 0.15) is 5.69 Å². The predicted octanol–water partition coefficient (Wildman–Crippen LogP) is 1.99. The Morgan fingerprint density at radius 1 is 1.31 bits per heavy atom. The molecule has 1 aromatic rings.